The average Bonchev–Trinajstić information content (AvgIpc) is 3.04. The van der Waals surface area contributed by atoms with Crippen molar-refractivity contribution in [2.75, 3.05) is 0 Å². The third-order valence-electron chi connectivity index (χ3n) is 4.44. The SMILES string of the molecule is Cc1nc(-c2nc(-c3cc(C(=O)NC4CC4)c4ccccn34)cs2)cs1. The molecule has 26 heavy (non-hydrogen) atoms. The smallest absolute Gasteiger partial charge is 0.253 e. The molecule has 0 atom stereocenters. The van der Waals surface area contributed by atoms with Gasteiger partial charge in [0.15, 0.2) is 0 Å². The summed E-state index contributed by atoms with van der Waals surface area (Å²) in [4.78, 5) is 21.9. The molecule has 130 valence electrons. The maximum Gasteiger partial charge on any atom is 0.253 e. The molecular formula is C19H16N4OS2. The van der Waals surface area contributed by atoms with E-state index in [0.29, 0.717) is 11.6 Å². The van der Waals surface area contributed by atoms with Crippen LogP contribution in [-0.2, 0) is 0 Å². The number of carbonyl (C=O) groups excluding carboxylic acids is 1. The molecule has 0 unspecified atom stereocenters. The zero-order valence-corrected chi connectivity index (χ0v) is 15.7. The second-order valence-corrected chi connectivity index (χ2v) is 8.36. The molecule has 0 spiro atoms. The highest BCUT2D eigenvalue weighted by molar-refractivity contribution is 7.14. The van der Waals surface area contributed by atoms with Gasteiger partial charge in [-0.15, -0.1) is 22.7 Å². The number of carbonyl (C=O) groups is 1. The number of nitrogens with one attached hydrogen (secondary N) is 1. The zero-order chi connectivity index (χ0) is 17.7. The van der Waals surface area contributed by atoms with Crippen molar-refractivity contribution in [3.8, 4) is 22.1 Å². The molecule has 0 bridgehead atoms. The lowest BCUT2D eigenvalue weighted by Gasteiger charge is -2.02. The summed E-state index contributed by atoms with van der Waals surface area (Å²) < 4.78 is 2.03. The van der Waals surface area contributed by atoms with Gasteiger partial charge in [-0.05, 0) is 38.0 Å². The Morgan fingerprint density at radius 2 is 2.04 bits per heavy atom. The lowest BCUT2D eigenvalue weighted by atomic mass is 10.2. The molecule has 1 aliphatic carbocycles. The van der Waals surface area contributed by atoms with Crippen LogP contribution in [0.3, 0.4) is 0 Å². The summed E-state index contributed by atoms with van der Waals surface area (Å²) in [6.07, 6.45) is 4.13. The van der Waals surface area contributed by atoms with Crippen LogP contribution in [0.15, 0.2) is 41.2 Å². The summed E-state index contributed by atoms with van der Waals surface area (Å²) in [5.74, 6) is -0.00645. The van der Waals surface area contributed by atoms with E-state index in [-0.39, 0.29) is 5.91 Å². The largest absolute Gasteiger partial charge is 0.349 e. The summed E-state index contributed by atoms with van der Waals surface area (Å²) in [5.41, 5.74) is 4.31. The van der Waals surface area contributed by atoms with Crippen molar-refractivity contribution in [2.45, 2.75) is 25.8 Å². The predicted octanol–water partition coefficient (Wildman–Crippen LogP) is 4.39. The van der Waals surface area contributed by atoms with E-state index < -0.39 is 0 Å². The Morgan fingerprint density at radius 1 is 1.19 bits per heavy atom. The standard InChI is InChI=1S/C19H16N4OS2/c1-11-20-15(10-25-11)19-22-14(9-26-19)17-8-13(18(24)21-12-5-6-12)16-4-2-3-7-23(16)17/h2-4,7-10,12H,5-6H2,1H3,(H,21,24). The molecule has 4 aromatic rings. The molecule has 0 aromatic carbocycles. The van der Waals surface area contributed by atoms with Gasteiger partial charge in [-0.2, -0.15) is 0 Å². The van der Waals surface area contributed by atoms with Crippen molar-refractivity contribution >= 4 is 34.1 Å². The van der Waals surface area contributed by atoms with Crippen molar-refractivity contribution in [2.24, 2.45) is 0 Å². The molecule has 7 heteroatoms. The van der Waals surface area contributed by atoms with Gasteiger partial charge < -0.3 is 9.72 Å². The van der Waals surface area contributed by atoms with Crippen LogP contribution >= 0.6 is 22.7 Å². The molecule has 1 fully saturated rings. The lowest BCUT2D eigenvalue weighted by molar-refractivity contribution is 0.0953. The van der Waals surface area contributed by atoms with Crippen molar-refractivity contribution in [1.82, 2.24) is 19.7 Å². The highest BCUT2D eigenvalue weighted by atomic mass is 32.1. The van der Waals surface area contributed by atoms with Gasteiger partial charge in [-0.25, -0.2) is 9.97 Å². The fourth-order valence-corrected chi connectivity index (χ4v) is 4.44. The van der Waals surface area contributed by atoms with Crippen molar-refractivity contribution in [3.05, 3.63) is 51.8 Å². The second kappa shape index (κ2) is 6.03. The number of hydrogen-bond acceptors (Lipinski definition) is 5. The highest BCUT2D eigenvalue weighted by Gasteiger charge is 2.26. The number of nitrogens with zero attached hydrogens (tertiary/aromatic N) is 3. The number of pyridine rings is 1. The molecule has 1 N–H and O–H groups in total. The molecule has 5 nitrogen and oxygen atoms in total. The third kappa shape index (κ3) is 2.73. The first-order valence-corrected chi connectivity index (χ1v) is 10.2. The number of aromatic nitrogens is 3. The third-order valence-corrected chi connectivity index (χ3v) is 6.08. The number of amides is 1. The first-order valence-electron chi connectivity index (χ1n) is 8.48. The number of rotatable bonds is 4. The van der Waals surface area contributed by atoms with E-state index in [2.05, 4.69) is 10.3 Å². The second-order valence-electron chi connectivity index (χ2n) is 6.44. The van der Waals surface area contributed by atoms with Gasteiger partial charge >= 0.3 is 0 Å². The first-order chi connectivity index (χ1) is 12.7. The molecule has 0 aliphatic heterocycles. The Morgan fingerprint density at radius 3 is 2.81 bits per heavy atom. The summed E-state index contributed by atoms with van der Waals surface area (Å²) in [7, 11) is 0. The van der Waals surface area contributed by atoms with Gasteiger partial charge in [0.25, 0.3) is 5.91 Å². The van der Waals surface area contributed by atoms with Gasteiger partial charge in [0.2, 0.25) is 0 Å². The molecular weight excluding hydrogens is 364 g/mol. The minimum Gasteiger partial charge on any atom is -0.349 e. The van der Waals surface area contributed by atoms with Crippen LogP contribution in [0.5, 0.6) is 0 Å². The lowest BCUT2D eigenvalue weighted by Crippen LogP contribution is -2.25. The number of thiazole rings is 2. The van der Waals surface area contributed by atoms with Gasteiger partial charge in [0.05, 0.1) is 27.5 Å². The van der Waals surface area contributed by atoms with Gasteiger partial charge in [0.1, 0.15) is 10.7 Å². The molecule has 0 radical (unpaired) electrons. The maximum absolute atomic E-state index is 12.6. The quantitative estimate of drug-likeness (QED) is 0.571. The molecule has 0 saturated heterocycles. The summed E-state index contributed by atoms with van der Waals surface area (Å²) in [5, 5.41) is 9.08. The fourth-order valence-electron chi connectivity index (χ4n) is 2.99. The Kier molecular flexibility index (Phi) is 3.65. The van der Waals surface area contributed by atoms with E-state index in [1.165, 1.54) is 0 Å². The Labute approximate surface area is 158 Å². The number of fused-ring (bicyclic) bond motifs is 1. The summed E-state index contributed by atoms with van der Waals surface area (Å²) in [6, 6.07) is 8.18. The normalized spacial score (nSPS) is 14.0. The van der Waals surface area contributed by atoms with E-state index in [4.69, 9.17) is 4.98 Å². The number of aryl methyl sites for hydroxylation is 1. The van der Waals surface area contributed by atoms with Crippen molar-refractivity contribution < 1.29 is 4.79 Å². The van der Waals surface area contributed by atoms with Gasteiger partial charge in [-0.1, -0.05) is 6.07 Å². The fraction of sp³-hybridized carbons (Fsp3) is 0.211. The zero-order valence-electron chi connectivity index (χ0n) is 14.1. The summed E-state index contributed by atoms with van der Waals surface area (Å²) in [6.45, 7) is 1.99. The minimum atomic E-state index is -0.00645. The Hall–Kier alpha value is -2.51. The molecule has 1 saturated carbocycles. The first kappa shape index (κ1) is 15.7. The van der Waals surface area contributed by atoms with Gasteiger partial charge in [0, 0.05) is 23.0 Å². The molecule has 1 amide bonds. The molecule has 5 rings (SSSR count). The van der Waals surface area contributed by atoms with E-state index in [0.717, 1.165) is 45.5 Å². The van der Waals surface area contributed by atoms with E-state index in [1.807, 2.05) is 52.5 Å². The van der Waals surface area contributed by atoms with Gasteiger partial charge in [-0.3, -0.25) is 4.79 Å². The molecule has 4 heterocycles. The average molecular weight is 380 g/mol. The number of hydrogen-bond donors (Lipinski definition) is 1. The van der Waals surface area contributed by atoms with Crippen LogP contribution in [0.1, 0.15) is 28.2 Å². The molecule has 1 aliphatic rings. The monoisotopic (exact) mass is 380 g/mol. The van der Waals surface area contributed by atoms with E-state index in [9.17, 15) is 4.79 Å². The van der Waals surface area contributed by atoms with Crippen molar-refractivity contribution in [1.29, 1.82) is 0 Å². The predicted molar refractivity (Wildman–Crippen MR) is 105 cm³/mol. The van der Waals surface area contributed by atoms with Crippen LogP contribution in [0.2, 0.25) is 0 Å². The van der Waals surface area contributed by atoms with Crippen LogP contribution in [0, 0.1) is 6.92 Å². The Balaban J connectivity index is 1.58. The maximum atomic E-state index is 12.6. The minimum absolute atomic E-state index is 0.00645. The van der Waals surface area contributed by atoms with E-state index >= 15 is 0 Å². The topological polar surface area (TPSA) is 59.3 Å². The Bertz CT molecular complexity index is 1120. The van der Waals surface area contributed by atoms with Crippen LogP contribution < -0.4 is 5.32 Å². The summed E-state index contributed by atoms with van der Waals surface area (Å²) >= 11 is 3.20. The molecule has 4 aromatic heterocycles. The highest BCUT2D eigenvalue weighted by Crippen LogP contribution is 2.32. The van der Waals surface area contributed by atoms with Crippen LogP contribution in [0.4, 0.5) is 0 Å². The van der Waals surface area contributed by atoms with Crippen LogP contribution in [-0.4, -0.2) is 26.3 Å². The van der Waals surface area contributed by atoms with Crippen LogP contribution in [0.25, 0.3) is 27.6 Å². The van der Waals surface area contributed by atoms with Crippen molar-refractivity contribution in [3.63, 3.8) is 0 Å². The van der Waals surface area contributed by atoms with E-state index in [1.54, 1.807) is 22.7 Å².